The lowest BCUT2D eigenvalue weighted by atomic mass is 10.1. The first-order chi connectivity index (χ1) is 7.80. The highest BCUT2D eigenvalue weighted by Gasteiger charge is 2.38. The number of benzene rings is 1. The molecule has 2 nitrogen and oxygen atoms in total. The van der Waals surface area contributed by atoms with Gasteiger partial charge in [0, 0.05) is 6.54 Å². The fourth-order valence-electron chi connectivity index (χ4n) is 1.12. The molecular formula is C10H8F5NO. The van der Waals surface area contributed by atoms with Crippen LogP contribution in [0.25, 0.3) is 0 Å². The predicted molar refractivity (Wildman–Crippen MR) is 49.1 cm³/mol. The third-order valence-electron chi connectivity index (χ3n) is 1.94. The third-order valence-corrected chi connectivity index (χ3v) is 1.94. The van der Waals surface area contributed by atoms with Gasteiger partial charge in [-0.1, -0.05) is 6.07 Å². The molecule has 1 amide bonds. The molecule has 0 aliphatic heterocycles. The highest BCUT2D eigenvalue weighted by molar-refractivity contribution is 5.81. The smallest absolute Gasteiger partial charge is 0.348 e. The zero-order valence-electron chi connectivity index (χ0n) is 8.44. The second-order valence-electron chi connectivity index (χ2n) is 3.25. The lowest BCUT2D eigenvalue weighted by Crippen LogP contribution is -2.37. The Hall–Kier alpha value is -1.66. The van der Waals surface area contributed by atoms with Crippen molar-refractivity contribution in [2.45, 2.75) is 12.6 Å². The van der Waals surface area contributed by atoms with Gasteiger partial charge in [0.1, 0.15) is 0 Å². The summed E-state index contributed by atoms with van der Waals surface area (Å²) in [6.45, 7) is -0.302. The third kappa shape index (κ3) is 4.01. The molecule has 1 aromatic carbocycles. The Balaban J connectivity index is 2.46. The SMILES string of the molecule is O=C(NCCc1ccc(F)c(F)c1)C(F)(F)F. The summed E-state index contributed by atoms with van der Waals surface area (Å²) in [7, 11) is 0. The molecule has 1 aromatic rings. The monoisotopic (exact) mass is 253 g/mol. The van der Waals surface area contributed by atoms with E-state index in [-0.39, 0.29) is 13.0 Å². The van der Waals surface area contributed by atoms with Gasteiger partial charge in [-0.3, -0.25) is 4.79 Å². The zero-order chi connectivity index (χ0) is 13.1. The van der Waals surface area contributed by atoms with E-state index in [4.69, 9.17) is 0 Å². The van der Waals surface area contributed by atoms with Crippen molar-refractivity contribution in [1.82, 2.24) is 5.32 Å². The molecule has 1 N–H and O–H groups in total. The van der Waals surface area contributed by atoms with Crippen molar-refractivity contribution in [3.63, 3.8) is 0 Å². The lowest BCUT2D eigenvalue weighted by Gasteiger charge is -2.07. The van der Waals surface area contributed by atoms with Crippen LogP contribution >= 0.6 is 0 Å². The predicted octanol–water partition coefficient (Wildman–Crippen LogP) is 2.19. The molecule has 7 heteroatoms. The Morgan fingerprint density at radius 1 is 1.18 bits per heavy atom. The fraction of sp³-hybridized carbons (Fsp3) is 0.300. The van der Waals surface area contributed by atoms with E-state index in [0.29, 0.717) is 5.56 Å². The van der Waals surface area contributed by atoms with E-state index in [9.17, 15) is 26.7 Å². The molecule has 17 heavy (non-hydrogen) atoms. The molecule has 0 spiro atoms. The van der Waals surface area contributed by atoms with Crippen molar-refractivity contribution in [2.75, 3.05) is 6.54 Å². The summed E-state index contributed by atoms with van der Waals surface area (Å²) >= 11 is 0. The second kappa shape index (κ2) is 5.11. The number of carbonyl (C=O) groups excluding carboxylic acids is 1. The van der Waals surface area contributed by atoms with E-state index >= 15 is 0 Å². The molecular weight excluding hydrogens is 245 g/mol. The number of rotatable bonds is 3. The van der Waals surface area contributed by atoms with E-state index in [1.165, 1.54) is 6.07 Å². The van der Waals surface area contributed by atoms with Gasteiger partial charge >= 0.3 is 12.1 Å². The van der Waals surface area contributed by atoms with Crippen molar-refractivity contribution < 1.29 is 26.7 Å². The molecule has 0 aliphatic rings. The number of amides is 1. The van der Waals surface area contributed by atoms with Gasteiger partial charge in [-0.15, -0.1) is 0 Å². The fourth-order valence-corrected chi connectivity index (χ4v) is 1.12. The maximum atomic E-state index is 12.7. The van der Waals surface area contributed by atoms with Gasteiger partial charge < -0.3 is 5.32 Å². The summed E-state index contributed by atoms with van der Waals surface area (Å²) in [4.78, 5) is 10.4. The molecule has 0 saturated heterocycles. The highest BCUT2D eigenvalue weighted by atomic mass is 19.4. The topological polar surface area (TPSA) is 29.1 Å². The van der Waals surface area contributed by atoms with Crippen LogP contribution in [-0.4, -0.2) is 18.6 Å². The van der Waals surface area contributed by atoms with Crippen LogP contribution < -0.4 is 5.32 Å². The minimum Gasteiger partial charge on any atom is -0.348 e. The molecule has 0 bridgehead atoms. The summed E-state index contributed by atoms with van der Waals surface area (Å²) in [5, 5.41) is 1.63. The highest BCUT2D eigenvalue weighted by Crippen LogP contribution is 2.14. The molecule has 0 aliphatic carbocycles. The van der Waals surface area contributed by atoms with Crippen LogP contribution in [0.5, 0.6) is 0 Å². The minimum atomic E-state index is -4.94. The van der Waals surface area contributed by atoms with E-state index < -0.39 is 23.7 Å². The first-order valence-corrected chi connectivity index (χ1v) is 4.59. The van der Waals surface area contributed by atoms with E-state index in [1.807, 2.05) is 0 Å². The summed E-state index contributed by atoms with van der Waals surface area (Å²) < 4.78 is 60.5. The van der Waals surface area contributed by atoms with Gasteiger partial charge in [-0.2, -0.15) is 13.2 Å². The largest absolute Gasteiger partial charge is 0.471 e. The molecule has 1 rings (SSSR count). The Kier molecular flexibility index (Phi) is 4.03. The quantitative estimate of drug-likeness (QED) is 0.822. The second-order valence-corrected chi connectivity index (χ2v) is 3.25. The maximum absolute atomic E-state index is 12.7. The normalized spacial score (nSPS) is 11.4. The van der Waals surface area contributed by atoms with Gasteiger partial charge in [0.2, 0.25) is 0 Å². The van der Waals surface area contributed by atoms with Crippen molar-refractivity contribution in [3.05, 3.63) is 35.4 Å². The molecule has 0 radical (unpaired) electrons. The van der Waals surface area contributed by atoms with E-state index in [1.54, 1.807) is 5.32 Å². The minimum absolute atomic E-state index is 0.0149. The van der Waals surface area contributed by atoms with Crippen molar-refractivity contribution >= 4 is 5.91 Å². The van der Waals surface area contributed by atoms with Gasteiger partial charge in [-0.05, 0) is 24.1 Å². The first-order valence-electron chi connectivity index (χ1n) is 4.59. The number of hydrogen-bond acceptors (Lipinski definition) is 1. The average molecular weight is 253 g/mol. The van der Waals surface area contributed by atoms with Crippen LogP contribution in [-0.2, 0) is 11.2 Å². The van der Waals surface area contributed by atoms with Crippen LogP contribution in [0, 0.1) is 11.6 Å². The van der Waals surface area contributed by atoms with Gasteiger partial charge in [0.25, 0.3) is 0 Å². The molecule has 0 saturated carbocycles. The summed E-state index contributed by atoms with van der Waals surface area (Å²) in [6.07, 6.45) is -4.95. The summed E-state index contributed by atoms with van der Waals surface area (Å²) in [5.41, 5.74) is 0.298. The molecule has 0 aromatic heterocycles. The van der Waals surface area contributed by atoms with Crippen molar-refractivity contribution in [2.24, 2.45) is 0 Å². The molecule has 0 heterocycles. The van der Waals surface area contributed by atoms with Crippen LogP contribution in [0.2, 0.25) is 0 Å². The maximum Gasteiger partial charge on any atom is 0.471 e. The molecule has 0 atom stereocenters. The van der Waals surface area contributed by atoms with Crippen LogP contribution in [0.1, 0.15) is 5.56 Å². The Bertz CT molecular complexity index is 416. The number of alkyl halides is 3. The van der Waals surface area contributed by atoms with Crippen molar-refractivity contribution in [3.8, 4) is 0 Å². The number of hydrogen-bond donors (Lipinski definition) is 1. The molecule has 94 valence electrons. The Morgan fingerprint density at radius 2 is 1.82 bits per heavy atom. The van der Waals surface area contributed by atoms with Crippen LogP contribution in [0.15, 0.2) is 18.2 Å². The average Bonchev–Trinajstić information content (AvgIpc) is 2.22. The van der Waals surface area contributed by atoms with Crippen LogP contribution in [0.3, 0.4) is 0 Å². The van der Waals surface area contributed by atoms with E-state index in [2.05, 4.69) is 0 Å². The summed E-state index contributed by atoms with van der Waals surface area (Å²) in [5.74, 6) is -4.17. The number of nitrogens with one attached hydrogen (secondary N) is 1. The Labute approximate surface area is 93.4 Å². The first kappa shape index (κ1) is 13.4. The number of halogens is 5. The van der Waals surface area contributed by atoms with Gasteiger partial charge in [0.05, 0.1) is 0 Å². The number of carbonyl (C=O) groups is 1. The van der Waals surface area contributed by atoms with E-state index in [0.717, 1.165) is 12.1 Å². The van der Waals surface area contributed by atoms with Gasteiger partial charge in [0.15, 0.2) is 11.6 Å². The molecule has 0 unspecified atom stereocenters. The summed E-state index contributed by atoms with van der Waals surface area (Å²) in [6, 6.07) is 2.98. The Morgan fingerprint density at radius 3 is 2.35 bits per heavy atom. The van der Waals surface area contributed by atoms with Crippen LogP contribution in [0.4, 0.5) is 22.0 Å². The lowest BCUT2D eigenvalue weighted by molar-refractivity contribution is -0.173. The molecule has 0 fully saturated rings. The van der Waals surface area contributed by atoms with Gasteiger partial charge in [-0.25, -0.2) is 8.78 Å². The van der Waals surface area contributed by atoms with Crippen molar-refractivity contribution in [1.29, 1.82) is 0 Å². The zero-order valence-corrected chi connectivity index (χ0v) is 8.44. The standard InChI is InChI=1S/C10H8F5NO/c11-7-2-1-6(5-8(7)12)3-4-16-9(17)10(13,14)15/h1-2,5H,3-4H2,(H,16,17).